The molecule has 7 heteroatoms. The minimum Gasteiger partial charge on any atom is -0.448 e. The van der Waals surface area contributed by atoms with Crippen molar-refractivity contribution >= 4 is 0 Å². The van der Waals surface area contributed by atoms with Gasteiger partial charge in [0.1, 0.15) is 12.4 Å². The smallest absolute Gasteiger partial charge is 0.411 e. The normalized spacial score (nSPS) is 12.3. The molecule has 0 amide bonds. The Kier molecular flexibility index (Phi) is 5.61. The highest BCUT2D eigenvalue weighted by molar-refractivity contribution is 5.07. The van der Waals surface area contributed by atoms with Crippen LogP contribution in [0.5, 0.6) is 0 Å². The largest absolute Gasteiger partial charge is 0.448 e. The highest BCUT2D eigenvalue weighted by Gasteiger charge is 2.27. The molecule has 4 nitrogen and oxygen atoms in total. The van der Waals surface area contributed by atoms with E-state index in [1.54, 1.807) is 0 Å². The van der Waals surface area contributed by atoms with Gasteiger partial charge in [0.15, 0.2) is 6.39 Å². The monoisotopic (exact) mass is 266 g/mol. The molecule has 0 aliphatic carbocycles. The summed E-state index contributed by atoms with van der Waals surface area (Å²) in [7, 11) is 0. The number of hydrogen-bond donors (Lipinski definition) is 1. The zero-order valence-corrected chi connectivity index (χ0v) is 10.4. The molecule has 0 spiro atoms. The molecule has 0 bridgehead atoms. The number of aromatic nitrogens is 1. The molecule has 0 unspecified atom stereocenters. The molecule has 0 aliphatic rings. The number of nitrogens with one attached hydrogen (secondary N) is 1. The maximum Gasteiger partial charge on any atom is 0.411 e. The Labute approximate surface area is 104 Å². The second-order valence-electron chi connectivity index (χ2n) is 4.18. The Bertz CT molecular complexity index is 350. The molecule has 1 heterocycles. The van der Waals surface area contributed by atoms with Crippen LogP contribution in [0.3, 0.4) is 0 Å². The molecule has 1 aromatic heterocycles. The van der Waals surface area contributed by atoms with Gasteiger partial charge in [0, 0.05) is 19.0 Å². The molecule has 0 aromatic carbocycles. The minimum atomic E-state index is -4.29. The van der Waals surface area contributed by atoms with Gasteiger partial charge >= 0.3 is 6.18 Å². The predicted molar refractivity (Wildman–Crippen MR) is 59.1 cm³/mol. The van der Waals surface area contributed by atoms with E-state index in [0.717, 1.165) is 0 Å². The molecule has 104 valence electrons. The third-order valence-electron chi connectivity index (χ3n) is 2.14. The average Bonchev–Trinajstić information content (AvgIpc) is 2.67. The predicted octanol–water partition coefficient (Wildman–Crippen LogP) is 2.29. The lowest BCUT2D eigenvalue weighted by molar-refractivity contribution is -0.173. The van der Waals surface area contributed by atoms with Gasteiger partial charge in [-0.15, -0.1) is 0 Å². The molecule has 0 aliphatic heterocycles. The van der Waals surface area contributed by atoms with Crippen molar-refractivity contribution < 1.29 is 22.3 Å². The number of ether oxygens (including phenoxy) is 1. The van der Waals surface area contributed by atoms with Crippen molar-refractivity contribution in [3.63, 3.8) is 0 Å². The van der Waals surface area contributed by atoms with Crippen LogP contribution < -0.4 is 5.32 Å². The van der Waals surface area contributed by atoms with Crippen LogP contribution in [-0.4, -0.2) is 30.4 Å². The highest BCUT2D eigenvalue weighted by atomic mass is 19.4. The standard InChI is InChI=1S/C11H17F3N2O2/c1-8(2)15-5-9-10(18-7-16-9)3-4-17-6-11(12,13)14/h7-8,15H,3-6H2,1-2H3. The molecule has 0 fully saturated rings. The summed E-state index contributed by atoms with van der Waals surface area (Å²) < 4.78 is 45.2. The first kappa shape index (κ1) is 15.0. The van der Waals surface area contributed by atoms with E-state index < -0.39 is 12.8 Å². The van der Waals surface area contributed by atoms with E-state index in [-0.39, 0.29) is 13.0 Å². The van der Waals surface area contributed by atoms with E-state index in [1.807, 2.05) is 13.8 Å². The van der Waals surface area contributed by atoms with Crippen LogP contribution in [0, 0.1) is 0 Å². The summed E-state index contributed by atoms with van der Waals surface area (Å²) in [5.41, 5.74) is 0.708. The maximum atomic E-state index is 11.8. The van der Waals surface area contributed by atoms with Crippen molar-refractivity contribution in [2.45, 2.75) is 39.0 Å². The lowest BCUT2D eigenvalue weighted by Gasteiger charge is -2.08. The summed E-state index contributed by atoms with van der Waals surface area (Å²) in [6.45, 7) is 3.24. The van der Waals surface area contributed by atoms with Crippen LogP contribution in [0.2, 0.25) is 0 Å². The van der Waals surface area contributed by atoms with Crippen molar-refractivity contribution in [3.05, 3.63) is 17.8 Å². The van der Waals surface area contributed by atoms with Gasteiger partial charge in [-0.1, -0.05) is 13.8 Å². The van der Waals surface area contributed by atoms with Crippen molar-refractivity contribution in [2.75, 3.05) is 13.2 Å². The topological polar surface area (TPSA) is 47.3 Å². The third kappa shape index (κ3) is 6.02. The van der Waals surface area contributed by atoms with Gasteiger partial charge < -0.3 is 14.5 Å². The summed E-state index contributed by atoms with van der Waals surface area (Å²) in [6, 6.07) is 0.302. The minimum absolute atomic E-state index is 0.0383. The fourth-order valence-electron chi connectivity index (χ4n) is 1.29. The second-order valence-corrected chi connectivity index (χ2v) is 4.18. The van der Waals surface area contributed by atoms with E-state index in [2.05, 4.69) is 15.0 Å². The molecule has 0 radical (unpaired) electrons. The third-order valence-corrected chi connectivity index (χ3v) is 2.14. The molecule has 0 saturated carbocycles. The van der Waals surface area contributed by atoms with Crippen LogP contribution in [0.15, 0.2) is 10.8 Å². The molecule has 0 atom stereocenters. The van der Waals surface area contributed by atoms with E-state index in [1.165, 1.54) is 6.39 Å². The molecule has 1 rings (SSSR count). The summed E-state index contributed by atoms with van der Waals surface area (Å²) in [5, 5.41) is 3.16. The lowest BCUT2D eigenvalue weighted by Crippen LogP contribution is -2.23. The second kappa shape index (κ2) is 6.75. The van der Waals surface area contributed by atoms with Crippen LogP contribution in [0.4, 0.5) is 13.2 Å². The number of alkyl halides is 3. The van der Waals surface area contributed by atoms with Gasteiger partial charge in [0.25, 0.3) is 0 Å². The number of halogens is 3. The summed E-state index contributed by atoms with van der Waals surface area (Å²) in [6.07, 6.45) is -2.72. The fourth-order valence-corrected chi connectivity index (χ4v) is 1.29. The highest BCUT2D eigenvalue weighted by Crippen LogP contribution is 2.15. The van der Waals surface area contributed by atoms with Crippen LogP contribution in [-0.2, 0) is 17.7 Å². The number of rotatable bonds is 7. The lowest BCUT2D eigenvalue weighted by atomic mass is 10.2. The van der Waals surface area contributed by atoms with Gasteiger partial charge in [-0.05, 0) is 0 Å². The first-order valence-corrected chi connectivity index (χ1v) is 5.67. The van der Waals surface area contributed by atoms with Crippen molar-refractivity contribution in [1.29, 1.82) is 0 Å². The fraction of sp³-hybridized carbons (Fsp3) is 0.727. The van der Waals surface area contributed by atoms with Gasteiger partial charge in [-0.25, -0.2) is 4.98 Å². The van der Waals surface area contributed by atoms with Gasteiger partial charge in [-0.3, -0.25) is 0 Å². The van der Waals surface area contributed by atoms with Crippen LogP contribution in [0.1, 0.15) is 25.3 Å². The van der Waals surface area contributed by atoms with Crippen molar-refractivity contribution in [2.24, 2.45) is 0 Å². The zero-order valence-electron chi connectivity index (χ0n) is 10.4. The van der Waals surface area contributed by atoms with Crippen molar-refractivity contribution in [1.82, 2.24) is 10.3 Å². The molecule has 0 saturated heterocycles. The van der Waals surface area contributed by atoms with Gasteiger partial charge in [0.2, 0.25) is 0 Å². The molecule has 1 N–H and O–H groups in total. The SMILES string of the molecule is CC(C)NCc1ncoc1CCOCC(F)(F)F. The first-order chi connectivity index (χ1) is 8.38. The number of hydrogen-bond acceptors (Lipinski definition) is 4. The molecular formula is C11H17F3N2O2. The molecular weight excluding hydrogens is 249 g/mol. The average molecular weight is 266 g/mol. The molecule has 18 heavy (non-hydrogen) atoms. The molecule has 1 aromatic rings. The van der Waals surface area contributed by atoms with Gasteiger partial charge in [-0.2, -0.15) is 13.2 Å². The van der Waals surface area contributed by atoms with Crippen LogP contribution >= 0.6 is 0 Å². The summed E-state index contributed by atoms with van der Waals surface area (Å²) in [4.78, 5) is 4.01. The Balaban J connectivity index is 2.32. The Hall–Kier alpha value is -1.08. The zero-order chi connectivity index (χ0) is 13.6. The summed E-state index contributed by atoms with van der Waals surface area (Å²) in [5.74, 6) is 0.560. The Morgan fingerprint density at radius 1 is 1.44 bits per heavy atom. The number of nitrogens with zero attached hydrogens (tertiary/aromatic N) is 1. The van der Waals surface area contributed by atoms with E-state index in [4.69, 9.17) is 4.42 Å². The summed E-state index contributed by atoms with van der Waals surface area (Å²) >= 11 is 0. The van der Waals surface area contributed by atoms with E-state index in [0.29, 0.717) is 24.0 Å². The number of oxazole rings is 1. The Morgan fingerprint density at radius 2 is 2.17 bits per heavy atom. The quantitative estimate of drug-likeness (QED) is 0.769. The van der Waals surface area contributed by atoms with E-state index in [9.17, 15) is 13.2 Å². The van der Waals surface area contributed by atoms with Gasteiger partial charge in [0.05, 0.1) is 12.3 Å². The Morgan fingerprint density at radius 3 is 2.78 bits per heavy atom. The maximum absolute atomic E-state index is 11.8. The van der Waals surface area contributed by atoms with E-state index >= 15 is 0 Å². The van der Waals surface area contributed by atoms with Crippen molar-refractivity contribution in [3.8, 4) is 0 Å². The van der Waals surface area contributed by atoms with Crippen LogP contribution in [0.25, 0.3) is 0 Å². The first-order valence-electron chi connectivity index (χ1n) is 5.67.